The summed E-state index contributed by atoms with van der Waals surface area (Å²) in [6, 6.07) is 5.07. The van der Waals surface area contributed by atoms with Gasteiger partial charge in [0.15, 0.2) is 11.5 Å². The summed E-state index contributed by atoms with van der Waals surface area (Å²) in [5, 5.41) is 9.35. The highest BCUT2D eigenvalue weighted by molar-refractivity contribution is 5.43. The molecule has 15 heavy (non-hydrogen) atoms. The quantitative estimate of drug-likeness (QED) is 0.815. The van der Waals surface area contributed by atoms with Crippen LogP contribution in [-0.2, 0) is 0 Å². The van der Waals surface area contributed by atoms with E-state index in [1.165, 1.54) is 7.11 Å². The van der Waals surface area contributed by atoms with Crippen LogP contribution in [0.1, 0.15) is 18.6 Å². The number of rotatable bonds is 5. The van der Waals surface area contributed by atoms with Crippen LogP contribution < -0.4 is 9.47 Å². The van der Waals surface area contributed by atoms with Crippen LogP contribution >= 0.6 is 0 Å². The Morgan fingerprint density at radius 2 is 2.13 bits per heavy atom. The van der Waals surface area contributed by atoms with Crippen LogP contribution in [0.5, 0.6) is 11.5 Å². The molecule has 4 heteroatoms. The fourth-order valence-electron chi connectivity index (χ4n) is 1.21. The third kappa shape index (κ3) is 3.09. The van der Waals surface area contributed by atoms with Crippen LogP contribution in [0.3, 0.4) is 0 Å². The normalized spacial score (nSPS) is 12.3. The van der Waals surface area contributed by atoms with Gasteiger partial charge in [0.25, 0.3) is 0 Å². The van der Waals surface area contributed by atoms with E-state index in [1.807, 2.05) is 0 Å². The molecule has 84 valence electrons. The molecule has 0 radical (unpaired) electrons. The van der Waals surface area contributed by atoms with Gasteiger partial charge in [-0.15, -0.1) is 0 Å². The van der Waals surface area contributed by atoms with Crippen LogP contribution in [0.2, 0.25) is 0 Å². The van der Waals surface area contributed by atoms with Gasteiger partial charge in [0.1, 0.15) is 13.3 Å². The Bertz CT molecular complexity index is 313. The molecule has 0 amide bonds. The highest BCUT2D eigenvalue weighted by Gasteiger charge is 2.08. The average Bonchev–Trinajstić information content (AvgIpc) is 2.25. The van der Waals surface area contributed by atoms with E-state index in [-0.39, 0.29) is 6.61 Å². The highest BCUT2D eigenvalue weighted by Crippen LogP contribution is 2.30. The Kier molecular flexibility index (Phi) is 4.37. The third-order valence-corrected chi connectivity index (χ3v) is 2.00. The summed E-state index contributed by atoms with van der Waals surface area (Å²) in [6.45, 7) is 1.13. The van der Waals surface area contributed by atoms with Crippen LogP contribution in [0, 0.1) is 0 Å². The van der Waals surface area contributed by atoms with Gasteiger partial charge >= 0.3 is 0 Å². The molecule has 0 unspecified atom stereocenters. The van der Waals surface area contributed by atoms with Crippen molar-refractivity contribution in [2.24, 2.45) is 0 Å². The largest absolute Gasteiger partial charge is 0.493 e. The van der Waals surface area contributed by atoms with Gasteiger partial charge < -0.3 is 14.6 Å². The monoisotopic (exact) mass is 214 g/mol. The predicted octanol–water partition coefficient (Wildman–Crippen LogP) is 2.10. The van der Waals surface area contributed by atoms with E-state index < -0.39 is 12.8 Å². The summed E-state index contributed by atoms with van der Waals surface area (Å²) in [6.07, 6.45) is -0.561. The number of benzene rings is 1. The topological polar surface area (TPSA) is 38.7 Å². The minimum absolute atomic E-state index is 0.00435. The van der Waals surface area contributed by atoms with Crippen molar-refractivity contribution in [3.63, 3.8) is 0 Å². The van der Waals surface area contributed by atoms with Crippen molar-refractivity contribution >= 4 is 0 Å². The average molecular weight is 214 g/mol. The van der Waals surface area contributed by atoms with E-state index in [4.69, 9.17) is 9.47 Å². The number of aliphatic hydroxyl groups excluding tert-OH is 1. The molecule has 1 rings (SSSR count). The fourth-order valence-corrected chi connectivity index (χ4v) is 1.21. The van der Waals surface area contributed by atoms with Crippen molar-refractivity contribution in [2.75, 3.05) is 20.4 Å². The molecule has 0 aromatic heterocycles. The molecular formula is C11H15FO3. The van der Waals surface area contributed by atoms with Crippen LogP contribution in [0.25, 0.3) is 0 Å². The standard InChI is InChI=1S/C11H15FO3/c1-8(13)9-3-4-10(15-6-5-12)11(7-9)14-2/h3-4,7-8,13H,5-6H2,1-2H3/t8-/m1/s1. The lowest BCUT2D eigenvalue weighted by Gasteiger charge is -2.12. The summed E-state index contributed by atoms with van der Waals surface area (Å²) >= 11 is 0. The van der Waals surface area contributed by atoms with Crippen LogP contribution in [-0.4, -0.2) is 25.5 Å². The van der Waals surface area contributed by atoms with Gasteiger partial charge in [-0.1, -0.05) is 6.07 Å². The second kappa shape index (κ2) is 5.56. The van der Waals surface area contributed by atoms with Crippen molar-refractivity contribution in [3.8, 4) is 11.5 Å². The molecule has 0 fully saturated rings. The van der Waals surface area contributed by atoms with E-state index >= 15 is 0 Å². The van der Waals surface area contributed by atoms with Crippen molar-refractivity contribution in [3.05, 3.63) is 23.8 Å². The number of ether oxygens (including phenoxy) is 2. The van der Waals surface area contributed by atoms with Gasteiger partial charge in [0, 0.05) is 0 Å². The molecule has 1 aromatic rings. The van der Waals surface area contributed by atoms with Crippen molar-refractivity contribution in [1.29, 1.82) is 0 Å². The molecule has 0 aliphatic rings. The first-order chi connectivity index (χ1) is 7.19. The Balaban J connectivity index is 2.88. The fraction of sp³-hybridized carbons (Fsp3) is 0.455. The number of aliphatic hydroxyl groups is 1. The third-order valence-electron chi connectivity index (χ3n) is 2.00. The van der Waals surface area contributed by atoms with Gasteiger partial charge in [-0.2, -0.15) is 0 Å². The molecule has 0 saturated heterocycles. The number of hydrogen-bond acceptors (Lipinski definition) is 3. The van der Waals surface area contributed by atoms with E-state index in [1.54, 1.807) is 25.1 Å². The van der Waals surface area contributed by atoms with Crippen molar-refractivity contribution < 1.29 is 19.0 Å². The van der Waals surface area contributed by atoms with E-state index in [9.17, 15) is 9.50 Å². The van der Waals surface area contributed by atoms with Gasteiger partial charge in [-0.25, -0.2) is 4.39 Å². The van der Waals surface area contributed by atoms with Crippen molar-refractivity contribution in [1.82, 2.24) is 0 Å². The first kappa shape index (κ1) is 11.8. The maximum absolute atomic E-state index is 11.9. The van der Waals surface area contributed by atoms with E-state index in [2.05, 4.69) is 0 Å². The first-order valence-electron chi connectivity index (χ1n) is 4.73. The zero-order valence-electron chi connectivity index (χ0n) is 8.87. The van der Waals surface area contributed by atoms with Gasteiger partial charge in [0.2, 0.25) is 0 Å². The molecule has 0 aliphatic heterocycles. The van der Waals surface area contributed by atoms with Gasteiger partial charge in [-0.05, 0) is 24.6 Å². The molecule has 0 aliphatic carbocycles. The van der Waals surface area contributed by atoms with E-state index in [0.29, 0.717) is 11.5 Å². The smallest absolute Gasteiger partial charge is 0.161 e. The van der Waals surface area contributed by atoms with Crippen LogP contribution in [0.4, 0.5) is 4.39 Å². The molecule has 3 nitrogen and oxygen atoms in total. The Labute approximate surface area is 88.4 Å². The molecule has 0 saturated carbocycles. The van der Waals surface area contributed by atoms with Gasteiger partial charge in [0.05, 0.1) is 13.2 Å². The molecular weight excluding hydrogens is 199 g/mol. The number of alkyl halides is 1. The zero-order chi connectivity index (χ0) is 11.3. The Hall–Kier alpha value is -1.29. The molecule has 0 heterocycles. The Morgan fingerprint density at radius 3 is 2.67 bits per heavy atom. The molecule has 1 aromatic carbocycles. The lowest BCUT2D eigenvalue weighted by molar-refractivity contribution is 0.198. The summed E-state index contributed by atoms with van der Waals surface area (Å²) in [5.41, 5.74) is 0.736. The highest BCUT2D eigenvalue weighted by atomic mass is 19.1. The Morgan fingerprint density at radius 1 is 1.40 bits per heavy atom. The first-order valence-corrected chi connectivity index (χ1v) is 4.73. The number of halogens is 1. The minimum atomic E-state index is -0.561. The SMILES string of the molecule is COc1cc([C@@H](C)O)ccc1OCCF. The van der Waals surface area contributed by atoms with Crippen LogP contribution in [0.15, 0.2) is 18.2 Å². The second-order valence-corrected chi connectivity index (χ2v) is 3.12. The lowest BCUT2D eigenvalue weighted by Crippen LogP contribution is -2.01. The summed E-state index contributed by atoms with van der Waals surface area (Å²) < 4.78 is 22.1. The van der Waals surface area contributed by atoms with E-state index in [0.717, 1.165) is 5.56 Å². The van der Waals surface area contributed by atoms with Gasteiger partial charge in [-0.3, -0.25) is 0 Å². The molecule has 0 spiro atoms. The molecule has 1 atom stereocenters. The summed E-state index contributed by atoms with van der Waals surface area (Å²) in [4.78, 5) is 0. The molecule has 0 bridgehead atoms. The number of methoxy groups -OCH3 is 1. The number of hydrogen-bond donors (Lipinski definition) is 1. The van der Waals surface area contributed by atoms with Crippen molar-refractivity contribution in [2.45, 2.75) is 13.0 Å². The second-order valence-electron chi connectivity index (χ2n) is 3.12. The lowest BCUT2D eigenvalue weighted by atomic mass is 10.1. The zero-order valence-corrected chi connectivity index (χ0v) is 8.87. The maximum atomic E-state index is 11.9. The minimum Gasteiger partial charge on any atom is -0.493 e. The summed E-state index contributed by atoms with van der Waals surface area (Å²) in [7, 11) is 1.50. The summed E-state index contributed by atoms with van der Waals surface area (Å²) in [5.74, 6) is 0.987. The molecule has 1 N–H and O–H groups in total. The maximum Gasteiger partial charge on any atom is 0.161 e. The predicted molar refractivity (Wildman–Crippen MR) is 55.1 cm³/mol.